The number of para-hydroxylation sites is 2. The molecule has 3 aromatic carbocycles. The summed E-state index contributed by atoms with van der Waals surface area (Å²) in [5.41, 5.74) is 1.36. The summed E-state index contributed by atoms with van der Waals surface area (Å²) < 4.78 is 20.0. The first-order chi connectivity index (χ1) is 14.5. The van der Waals surface area contributed by atoms with Gasteiger partial charge in [-0.3, -0.25) is 14.4 Å². The minimum absolute atomic E-state index is 0.111. The van der Waals surface area contributed by atoms with Crippen molar-refractivity contribution in [2.45, 2.75) is 6.54 Å². The lowest BCUT2D eigenvalue weighted by Gasteiger charge is -2.14. The van der Waals surface area contributed by atoms with Crippen molar-refractivity contribution in [1.82, 2.24) is 4.57 Å². The Labute approximate surface area is 170 Å². The van der Waals surface area contributed by atoms with Crippen molar-refractivity contribution >= 4 is 39.4 Å². The van der Waals surface area contributed by atoms with Crippen LogP contribution in [0.1, 0.15) is 0 Å². The monoisotopic (exact) mass is 404 g/mol. The van der Waals surface area contributed by atoms with E-state index in [2.05, 4.69) is 5.32 Å². The molecule has 0 saturated heterocycles. The van der Waals surface area contributed by atoms with E-state index in [0.717, 1.165) is 0 Å². The summed E-state index contributed by atoms with van der Waals surface area (Å²) >= 11 is 0. The van der Waals surface area contributed by atoms with Gasteiger partial charge in [0.25, 0.3) is 5.91 Å². The lowest BCUT2D eigenvalue weighted by molar-refractivity contribution is -0.147. The predicted octanol–water partition coefficient (Wildman–Crippen LogP) is 3.48. The summed E-state index contributed by atoms with van der Waals surface area (Å²) in [5.74, 6) is -1.70. The number of hydrogen-bond acceptors (Lipinski definition) is 4. The Balaban J connectivity index is 1.53. The molecule has 1 N–H and O–H groups in total. The van der Waals surface area contributed by atoms with Crippen LogP contribution >= 0.6 is 0 Å². The molecule has 7 heteroatoms. The van der Waals surface area contributed by atoms with Crippen molar-refractivity contribution < 1.29 is 18.7 Å². The van der Waals surface area contributed by atoms with E-state index in [9.17, 15) is 18.8 Å². The number of carbonyl (C=O) groups is 2. The molecule has 0 saturated carbocycles. The van der Waals surface area contributed by atoms with Gasteiger partial charge in [0.2, 0.25) is 0 Å². The first kappa shape index (κ1) is 19.3. The third kappa shape index (κ3) is 3.91. The molecule has 1 aromatic heterocycles. The van der Waals surface area contributed by atoms with Crippen LogP contribution in [0.15, 0.2) is 77.6 Å². The molecule has 4 rings (SSSR count). The fourth-order valence-electron chi connectivity index (χ4n) is 3.33. The molecule has 0 bridgehead atoms. The molecule has 0 aliphatic carbocycles. The fraction of sp³-hybridized carbons (Fsp3) is 0.0870. The van der Waals surface area contributed by atoms with Crippen LogP contribution in [0.5, 0.6) is 0 Å². The quantitative estimate of drug-likeness (QED) is 0.408. The maximum absolute atomic E-state index is 13.2. The van der Waals surface area contributed by atoms with E-state index in [1.165, 1.54) is 24.3 Å². The lowest BCUT2D eigenvalue weighted by atomic mass is 10.1. The highest BCUT2D eigenvalue weighted by atomic mass is 19.1. The second-order valence-electron chi connectivity index (χ2n) is 6.67. The van der Waals surface area contributed by atoms with E-state index in [-0.39, 0.29) is 17.7 Å². The van der Waals surface area contributed by atoms with Crippen LogP contribution < -0.4 is 10.7 Å². The Morgan fingerprint density at radius 2 is 1.53 bits per heavy atom. The van der Waals surface area contributed by atoms with Gasteiger partial charge in [0.1, 0.15) is 12.4 Å². The molecule has 1 amide bonds. The molecule has 4 aromatic rings. The van der Waals surface area contributed by atoms with Gasteiger partial charge in [0, 0.05) is 16.5 Å². The minimum atomic E-state index is -0.636. The zero-order chi connectivity index (χ0) is 21.1. The number of halogens is 1. The van der Waals surface area contributed by atoms with Crippen molar-refractivity contribution in [2.75, 3.05) is 11.9 Å². The van der Waals surface area contributed by atoms with Crippen LogP contribution in [0.2, 0.25) is 0 Å². The van der Waals surface area contributed by atoms with E-state index < -0.39 is 24.3 Å². The van der Waals surface area contributed by atoms with Gasteiger partial charge in [0.15, 0.2) is 12.0 Å². The standard InChI is InChI=1S/C23H17FN2O4/c24-15-6-5-7-16(12-15)25-21(27)14-30-22(28)13-26-19-10-3-1-8-17(19)23(29)18-9-2-4-11-20(18)26/h1-12H,13-14H2,(H,25,27). The summed E-state index contributed by atoms with van der Waals surface area (Å²) in [6, 6.07) is 19.4. The Bertz CT molecular complexity index is 1270. The number of nitrogens with zero attached hydrogens (tertiary/aromatic N) is 1. The Kier molecular flexibility index (Phi) is 5.26. The average Bonchev–Trinajstić information content (AvgIpc) is 2.75. The normalized spacial score (nSPS) is 10.8. The highest BCUT2D eigenvalue weighted by Gasteiger charge is 2.14. The van der Waals surface area contributed by atoms with Gasteiger partial charge in [-0.2, -0.15) is 0 Å². The second-order valence-corrected chi connectivity index (χ2v) is 6.67. The predicted molar refractivity (Wildman–Crippen MR) is 112 cm³/mol. The van der Waals surface area contributed by atoms with E-state index in [1.54, 1.807) is 53.1 Å². The maximum Gasteiger partial charge on any atom is 0.326 e. The van der Waals surface area contributed by atoms with Crippen molar-refractivity contribution in [3.63, 3.8) is 0 Å². The number of aromatic nitrogens is 1. The average molecular weight is 404 g/mol. The number of nitrogens with one attached hydrogen (secondary N) is 1. The number of esters is 1. The zero-order valence-electron chi connectivity index (χ0n) is 15.8. The van der Waals surface area contributed by atoms with E-state index in [4.69, 9.17) is 4.74 Å². The molecule has 30 heavy (non-hydrogen) atoms. The molecule has 0 aliphatic rings. The summed E-state index contributed by atoms with van der Waals surface area (Å²) in [6.45, 7) is -0.681. The summed E-state index contributed by atoms with van der Waals surface area (Å²) in [5, 5.41) is 3.45. The van der Waals surface area contributed by atoms with Gasteiger partial charge in [-0.1, -0.05) is 30.3 Å². The number of amides is 1. The van der Waals surface area contributed by atoms with Crippen LogP contribution in [0, 0.1) is 5.82 Å². The van der Waals surface area contributed by atoms with Gasteiger partial charge in [-0.05, 0) is 42.5 Å². The molecule has 0 radical (unpaired) electrons. The van der Waals surface area contributed by atoms with Gasteiger partial charge >= 0.3 is 5.97 Å². The second kappa shape index (κ2) is 8.16. The van der Waals surface area contributed by atoms with Gasteiger partial charge < -0.3 is 14.6 Å². The Morgan fingerprint density at radius 3 is 2.17 bits per heavy atom. The molecule has 6 nitrogen and oxygen atoms in total. The number of fused-ring (bicyclic) bond motifs is 2. The maximum atomic E-state index is 13.2. The molecule has 0 unspecified atom stereocenters. The number of benzene rings is 3. The van der Waals surface area contributed by atoms with Crippen LogP contribution in [0.4, 0.5) is 10.1 Å². The molecular formula is C23H17FN2O4. The molecule has 0 fully saturated rings. The van der Waals surface area contributed by atoms with Gasteiger partial charge in [0.05, 0.1) is 11.0 Å². The smallest absolute Gasteiger partial charge is 0.326 e. The number of carbonyl (C=O) groups excluding carboxylic acids is 2. The number of rotatable bonds is 5. The van der Waals surface area contributed by atoms with Crippen molar-refractivity contribution in [3.05, 3.63) is 88.8 Å². The summed E-state index contributed by atoms with van der Waals surface area (Å²) in [6.07, 6.45) is 0. The van der Waals surface area contributed by atoms with E-state index in [1.807, 2.05) is 0 Å². The topological polar surface area (TPSA) is 77.4 Å². The first-order valence-corrected chi connectivity index (χ1v) is 9.24. The Morgan fingerprint density at radius 1 is 0.900 bits per heavy atom. The SMILES string of the molecule is O=C(COC(=O)Cn1c2ccccc2c(=O)c2ccccc21)Nc1cccc(F)c1. The molecule has 0 aliphatic heterocycles. The highest BCUT2D eigenvalue weighted by Crippen LogP contribution is 2.19. The Hall–Kier alpha value is -4.00. The largest absolute Gasteiger partial charge is 0.454 e. The van der Waals surface area contributed by atoms with Crippen molar-refractivity contribution in [2.24, 2.45) is 0 Å². The lowest BCUT2D eigenvalue weighted by Crippen LogP contribution is -2.24. The number of ether oxygens (including phenoxy) is 1. The third-order valence-corrected chi connectivity index (χ3v) is 4.64. The number of anilines is 1. The van der Waals surface area contributed by atoms with E-state index in [0.29, 0.717) is 21.8 Å². The van der Waals surface area contributed by atoms with Crippen molar-refractivity contribution in [3.8, 4) is 0 Å². The molecule has 150 valence electrons. The van der Waals surface area contributed by atoms with Gasteiger partial charge in [-0.25, -0.2) is 4.39 Å². The third-order valence-electron chi connectivity index (χ3n) is 4.64. The summed E-state index contributed by atoms with van der Waals surface area (Å²) in [7, 11) is 0. The van der Waals surface area contributed by atoms with Crippen LogP contribution in [-0.4, -0.2) is 23.1 Å². The first-order valence-electron chi connectivity index (χ1n) is 9.24. The van der Waals surface area contributed by atoms with Crippen LogP contribution in [-0.2, 0) is 20.9 Å². The van der Waals surface area contributed by atoms with E-state index >= 15 is 0 Å². The van der Waals surface area contributed by atoms with Gasteiger partial charge in [-0.15, -0.1) is 0 Å². The van der Waals surface area contributed by atoms with Crippen molar-refractivity contribution in [1.29, 1.82) is 0 Å². The molecule has 0 atom stereocenters. The molecular weight excluding hydrogens is 387 g/mol. The molecule has 0 spiro atoms. The minimum Gasteiger partial charge on any atom is -0.454 e. The zero-order valence-corrected chi connectivity index (χ0v) is 15.8. The fourth-order valence-corrected chi connectivity index (χ4v) is 3.33. The number of hydrogen-bond donors (Lipinski definition) is 1. The summed E-state index contributed by atoms with van der Waals surface area (Å²) in [4.78, 5) is 37.2. The highest BCUT2D eigenvalue weighted by molar-refractivity contribution is 5.95. The van der Waals surface area contributed by atoms with Crippen LogP contribution in [0.25, 0.3) is 21.8 Å². The van der Waals surface area contributed by atoms with Crippen LogP contribution in [0.3, 0.4) is 0 Å². The number of pyridine rings is 1. The molecule has 1 heterocycles.